The van der Waals surface area contributed by atoms with Crippen LogP contribution in [0.1, 0.15) is 29.4 Å². The molecule has 1 saturated heterocycles. The third-order valence-electron chi connectivity index (χ3n) is 3.40. The molecule has 0 aliphatic carbocycles. The lowest BCUT2D eigenvalue weighted by Gasteiger charge is -2.11. The monoisotopic (exact) mass is 270 g/mol. The molecule has 0 radical (unpaired) electrons. The van der Waals surface area contributed by atoms with E-state index in [1.807, 2.05) is 31.3 Å². The van der Waals surface area contributed by atoms with Gasteiger partial charge < -0.3 is 10.1 Å². The normalized spacial score (nSPS) is 18.1. The Morgan fingerprint density at radius 1 is 1.40 bits per heavy atom. The van der Waals surface area contributed by atoms with Crippen LogP contribution in [0.2, 0.25) is 0 Å². The van der Waals surface area contributed by atoms with Gasteiger partial charge in [0.25, 0.3) is 0 Å². The maximum atomic E-state index is 5.43. The zero-order valence-corrected chi connectivity index (χ0v) is 11.5. The van der Waals surface area contributed by atoms with Crippen molar-refractivity contribution in [3.8, 4) is 0 Å². The summed E-state index contributed by atoms with van der Waals surface area (Å²) in [6.07, 6.45) is 4.67. The number of aryl methyl sites for hydroxylation is 1. The second-order valence-corrected chi connectivity index (χ2v) is 5.00. The number of nitrogens with zero attached hydrogens (tertiary/aromatic N) is 3. The van der Waals surface area contributed by atoms with Gasteiger partial charge in [-0.1, -0.05) is 6.07 Å². The molecule has 0 unspecified atom stereocenters. The van der Waals surface area contributed by atoms with Gasteiger partial charge >= 0.3 is 0 Å². The van der Waals surface area contributed by atoms with Gasteiger partial charge in [0.05, 0.1) is 12.3 Å². The average molecular weight is 270 g/mol. The van der Waals surface area contributed by atoms with Crippen LogP contribution in [0, 0.1) is 6.92 Å². The van der Waals surface area contributed by atoms with Crippen molar-refractivity contribution in [2.24, 2.45) is 0 Å². The molecule has 1 aliphatic rings. The highest BCUT2D eigenvalue weighted by Crippen LogP contribution is 2.25. The second kappa shape index (κ2) is 5.96. The number of hydrogen-bond acceptors (Lipinski definition) is 5. The van der Waals surface area contributed by atoms with Crippen LogP contribution in [0.15, 0.2) is 30.6 Å². The lowest BCUT2D eigenvalue weighted by Crippen LogP contribution is -2.08. The Labute approximate surface area is 118 Å². The molecular weight excluding hydrogens is 252 g/mol. The Morgan fingerprint density at radius 2 is 2.35 bits per heavy atom. The van der Waals surface area contributed by atoms with E-state index in [9.17, 15) is 0 Å². The van der Waals surface area contributed by atoms with E-state index in [1.165, 1.54) is 0 Å². The number of ether oxygens (including phenoxy) is 1. The van der Waals surface area contributed by atoms with Crippen LogP contribution in [-0.4, -0.2) is 28.2 Å². The van der Waals surface area contributed by atoms with E-state index in [0.29, 0.717) is 12.5 Å². The summed E-state index contributed by atoms with van der Waals surface area (Å²) in [4.78, 5) is 13.1. The van der Waals surface area contributed by atoms with Crippen LogP contribution in [0.25, 0.3) is 0 Å². The summed E-state index contributed by atoms with van der Waals surface area (Å²) in [6.45, 7) is 4.23. The molecule has 2 aromatic rings. The third-order valence-corrected chi connectivity index (χ3v) is 3.40. The van der Waals surface area contributed by atoms with Crippen molar-refractivity contribution >= 4 is 5.82 Å². The molecule has 3 rings (SSSR count). The predicted octanol–water partition coefficient (Wildman–Crippen LogP) is 2.30. The quantitative estimate of drug-likeness (QED) is 0.923. The fourth-order valence-electron chi connectivity index (χ4n) is 2.35. The molecule has 0 aromatic carbocycles. The fraction of sp³-hybridized carbons (Fsp3) is 0.400. The van der Waals surface area contributed by atoms with Crippen LogP contribution in [-0.2, 0) is 11.3 Å². The number of rotatable bonds is 4. The minimum Gasteiger partial charge on any atom is -0.381 e. The Bertz CT molecular complexity index is 567. The smallest absolute Gasteiger partial charge is 0.130 e. The van der Waals surface area contributed by atoms with Crippen molar-refractivity contribution in [1.29, 1.82) is 0 Å². The zero-order valence-electron chi connectivity index (χ0n) is 11.5. The molecule has 0 bridgehead atoms. The van der Waals surface area contributed by atoms with E-state index in [-0.39, 0.29) is 0 Å². The van der Waals surface area contributed by atoms with Crippen LogP contribution in [0.5, 0.6) is 0 Å². The molecule has 5 heteroatoms. The maximum Gasteiger partial charge on any atom is 0.130 e. The van der Waals surface area contributed by atoms with Gasteiger partial charge in [0.1, 0.15) is 11.6 Å². The highest BCUT2D eigenvalue weighted by molar-refractivity contribution is 5.38. The van der Waals surface area contributed by atoms with Gasteiger partial charge in [-0.3, -0.25) is 4.98 Å². The van der Waals surface area contributed by atoms with Crippen molar-refractivity contribution in [1.82, 2.24) is 15.0 Å². The Kier molecular flexibility index (Phi) is 3.87. The first-order valence-corrected chi connectivity index (χ1v) is 6.87. The Balaban J connectivity index is 1.72. The molecule has 1 aliphatic heterocycles. The first kappa shape index (κ1) is 13.0. The summed E-state index contributed by atoms with van der Waals surface area (Å²) < 4.78 is 5.43. The highest BCUT2D eigenvalue weighted by Gasteiger charge is 2.20. The lowest BCUT2D eigenvalue weighted by atomic mass is 10.0. The fourth-order valence-corrected chi connectivity index (χ4v) is 2.35. The van der Waals surface area contributed by atoms with E-state index in [4.69, 9.17) is 4.74 Å². The average Bonchev–Trinajstić information content (AvgIpc) is 3.00. The molecule has 2 aromatic heterocycles. The Morgan fingerprint density at radius 3 is 3.10 bits per heavy atom. The third kappa shape index (κ3) is 3.11. The van der Waals surface area contributed by atoms with Crippen molar-refractivity contribution in [2.45, 2.75) is 25.8 Å². The van der Waals surface area contributed by atoms with Crippen molar-refractivity contribution < 1.29 is 4.74 Å². The van der Waals surface area contributed by atoms with E-state index in [1.54, 1.807) is 6.20 Å². The summed E-state index contributed by atoms with van der Waals surface area (Å²) in [5, 5.41) is 3.33. The summed E-state index contributed by atoms with van der Waals surface area (Å²) in [5.41, 5.74) is 2.21. The molecule has 104 valence electrons. The summed E-state index contributed by atoms with van der Waals surface area (Å²) in [6, 6.07) is 6.01. The molecule has 1 fully saturated rings. The first-order chi connectivity index (χ1) is 9.81. The number of pyridine rings is 1. The lowest BCUT2D eigenvalue weighted by molar-refractivity contribution is 0.193. The SMILES string of the molecule is Cc1nc(NCc2cccnc2)cc([C@H]2CCOC2)n1. The molecule has 0 saturated carbocycles. The number of nitrogens with one attached hydrogen (secondary N) is 1. The number of anilines is 1. The molecule has 5 nitrogen and oxygen atoms in total. The minimum atomic E-state index is 0.399. The van der Waals surface area contributed by atoms with E-state index in [0.717, 1.165) is 42.5 Å². The van der Waals surface area contributed by atoms with Gasteiger partial charge in [0.15, 0.2) is 0 Å². The van der Waals surface area contributed by atoms with E-state index >= 15 is 0 Å². The van der Waals surface area contributed by atoms with Crippen molar-refractivity contribution in [3.05, 3.63) is 47.7 Å². The summed E-state index contributed by atoms with van der Waals surface area (Å²) in [5.74, 6) is 2.06. The highest BCUT2D eigenvalue weighted by atomic mass is 16.5. The predicted molar refractivity (Wildman–Crippen MR) is 76.5 cm³/mol. The van der Waals surface area contributed by atoms with Gasteiger partial charge in [-0.05, 0) is 25.0 Å². The molecule has 3 heterocycles. The van der Waals surface area contributed by atoms with Crippen LogP contribution in [0.4, 0.5) is 5.82 Å². The molecule has 20 heavy (non-hydrogen) atoms. The molecule has 1 N–H and O–H groups in total. The molecule has 0 amide bonds. The van der Waals surface area contributed by atoms with Gasteiger partial charge in [-0.15, -0.1) is 0 Å². The van der Waals surface area contributed by atoms with E-state index in [2.05, 4.69) is 20.3 Å². The van der Waals surface area contributed by atoms with Crippen LogP contribution in [0.3, 0.4) is 0 Å². The van der Waals surface area contributed by atoms with Crippen LogP contribution < -0.4 is 5.32 Å². The summed E-state index contributed by atoms with van der Waals surface area (Å²) in [7, 11) is 0. The summed E-state index contributed by atoms with van der Waals surface area (Å²) >= 11 is 0. The van der Waals surface area contributed by atoms with Crippen molar-refractivity contribution in [2.75, 3.05) is 18.5 Å². The van der Waals surface area contributed by atoms with Crippen molar-refractivity contribution in [3.63, 3.8) is 0 Å². The van der Waals surface area contributed by atoms with Gasteiger partial charge in [0.2, 0.25) is 0 Å². The molecule has 0 spiro atoms. The van der Waals surface area contributed by atoms with E-state index < -0.39 is 0 Å². The molecular formula is C15H18N4O. The largest absolute Gasteiger partial charge is 0.381 e. The number of hydrogen-bond donors (Lipinski definition) is 1. The standard InChI is InChI=1S/C15H18N4O/c1-11-18-14(13-4-6-20-10-13)7-15(19-11)17-9-12-3-2-5-16-8-12/h2-3,5,7-8,13H,4,6,9-10H2,1H3,(H,17,18,19)/t13-/m0/s1. The van der Waals surface area contributed by atoms with Gasteiger partial charge in [0, 0.05) is 37.5 Å². The zero-order chi connectivity index (χ0) is 13.8. The van der Waals surface area contributed by atoms with Crippen LogP contribution >= 0.6 is 0 Å². The second-order valence-electron chi connectivity index (χ2n) is 5.00. The number of aromatic nitrogens is 3. The minimum absolute atomic E-state index is 0.399. The first-order valence-electron chi connectivity index (χ1n) is 6.87. The maximum absolute atomic E-state index is 5.43. The van der Waals surface area contributed by atoms with Gasteiger partial charge in [-0.2, -0.15) is 0 Å². The Hall–Kier alpha value is -2.01. The van der Waals surface area contributed by atoms with Gasteiger partial charge in [-0.25, -0.2) is 9.97 Å². The molecule has 1 atom stereocenters. The topological polar surface area (TPSA) is 59.9 Å².